The number of nitrogens with one attached hydrogen (secondary N) is 1. The second-order valence-electron chi connectivity index (χ2n) is 3.40. The minimum atomic E-state index is -0.279. The molecule has 0 aliphatic heterocycles. The van der Waals surface area contributed by atoms with Crippen molar-refractivity contribution in [2.45, 2.75) is 6.61 Å². The molecule has 92 valence electrons. The molecule has 0 saturated carbocycles. The molecule has 2 rings (SSSR count). The Morgan fingerprint density at radius 1 is 1.35 bits per heavy atom. The summed E-state index contributed by atoms with van der Waals surface area (Å²) < 4.78 is 17.8. The van der Waals surface area contributed by atoms with Crippen molar-refractivity contribution < 1.29 is 9.13 Å². The third kappa shape index (κ3) is 2.75. The van der Waals surface area contributed by atoms with Gasteiger partial charge in [0.1, 0.15) is 5.82 Å². The zero-order valence-corrected chi connectivity index (χ0v) is 10.1. The van der Waals surface area contributed by atoms with Crippen LogP contribution in [-0.4, -0.2) is 17.3 Å². The molecule has 0 unspecified atom stereocenters. The molecule has 17 heavy (non-hydrogen) atoms. The summed E-state index contributed by atoms with van der Waals surface area (Å²) >= 11 is 0. The lowest BCUT2D eigenvalue weighted by Gasteiger charge is -2.03. The number of rotatable bonds is 3. The highest BCUT2D eigenvalue weighted by molar-refractivity contribution is 5.85. The maximum atomic E-state index is 12.8. The van der Waals surface area contributed by atoms with E-state index in [2.05, 4.69) is 10.2 Å². The first-order valence-corrected chi connectivity index (χ1v) is 4.80. The van der Waals surface area contributed by atoms with E-state index in [4.69, 9.17) is 10.5 Å². The first kappa shape index (κ1) is 13.5. The van der Waals surface area contributed by atoms with Crippen LogP contribution in [0.5, 0.6) is 0 Å². The van der Waals surface area contributed by atoms with Gasteiger partial charge >= 0.3 is 0 Å². The van der Waals surface area contributed by atoms with Gasteiger partial charge in [0.25, 0.3) is 0 Å². The first-order chi connectivity index (χ1) is 7.72. The number of hydrogen-bond acceptors (Lipinski definition) is 3. The van der Waals surface area contributed by atoms with Crippen LogP contribution in [-0.2, 0) is 11.3 Å². The molecule has 0 radical (unpaired) electrons. The number of halogens is 2. The van der Waals surface area contributed by atoms with Crippen molar-refractivity contribution in [3.8, 4) is 11.1 Å². The van der Waals surface area contributed by atoms with Gasteiger partial charge in [-0.3, -0.25) is 5.10 Å². The van der Waals surface area contributed by atoms with Crippen LogP contribution >= 0.6 is 12.4 Å². The van der Waals surface area contributed by atoms with Crippen molar-refractivity contribution in [1.82, 2.24) is 10.2 Å². The summed E-state index contributed by atoms with van der Waals surface area (Å²) in [5, 5.41) is 6.71. The van der Waals surface area contributed by atoms with E-state index in [-0.39, 0.29) is 18.2 Å². The molecule has 6 heteroatoms. The summed E-state index contributed by atoms with van der Waals surface area (Å²) in [6.45, 7) is 0.386. The lowest BCUT2D eigenvalue weighted by atomic mass is 10.1. The number of ether oxygens (including phenoxy) is 1. The highest BCUT2D eigenvalue weighted by atomic mass is 35.5. The fourth-order valence-corrected chi connectivity index (χ4v) is 1.58. The van der Waals surface area contributed by atoms with Crippen LogP contribution in [0.3, 0.4) is 0 Å². The fourth-order valence-electron chi connectivity index (χ4n) is 1.58. The van der Waals surface area contributed by atoms with Gasteiger partial charge in [0.05, 0.1) is 12.3 Å². The summed E-state index contributed by atoms with van der Waals surface area (Å²) in [5.74, 6) is 0.109. The predicted molar refractivity (Wildman–Crippen MR) is 66.4 cm³/mol. The summed E-state index contributed by atoms with van der Waals surface area (Å²) in [7, 11) is 1.59. The zero-order valence-electron chi connectivity index (χ0n) is 9.24. The third-order valence-electron chi connectivity index (χ3n) is 2.29. The number of H-pyrrole nitrogens is 1. The minimum absolute atomic E-state index is 0. The molecule has 3 N–H and O–H groups in total. The second kappa shape index (κ2) is 5.65. The van der Waals surface area contributed by atoms with E-state index in [0.29, 0.717) is 12.4 Å². The summed E-state index contributed by atoms with van der Waals surface area (Å²) in [6.07, 6.45) is 0. The second-order valence-corrected chi connectivity index (χ2v) is 3.40. The average Bonchev–Trinajstić information content (AvgIpc) is 2.62. The van der Waals surface area contributed by atoms with E-state index in [9.17, 15) is 4.39 Å². The van der Waals surface area contributed by atoms with E-state index in [1.54, 1.807) is 19.2 Å². The maximum Gasteiger partial charge on any atom is 0.153 e. The number of anilines is 1. The van der Waals surface area contributed by atoms with Gasteiger partial charge in [0.15, 0.2) is 5.82 Å². The highest BCUT2D eigenvalue weighted by Gasteiger charge is 2.12. The van der Waals surface area contributed by atoms with Crippen LogP contribution in [0.2, 0.25) is 0 Å². The number of hydrogen-bond donors (Lipinski definition) is 2. The molecule has 1 aromatic carbocycles. The lowest BCUT2D eigenvalue weighted by Crippen LogP contribution is -1.93. The zero-order chi connectivity index (χ0) is 11.5. The molecule has 0 fully saturated rings. The van der Waals surface area contributed by atoms with Gasteiger partial charge < -0.3 is 10.5 Å². The van der Waals surface area contributed by atoms with Crippen LogP contribution < -0.4 is 5.73 Å². The normalized spacial score (nSPS) is 10.0. The molecule has 0 aliphatic rings. The van der Waals surface area contributed by atoms with E-state index in [1.165, 1.54) is 12.1 Å². The number of nitrogens with zero attached hydrogens (tertiary/aromatic N) is 1. The van der Waals surface area contributed by atoms with E-state index in [1.807, 2.05) is 0 Å². The molecular weight excluding hydrogens is 245 g/mol. The molecule has 0 aliphatic carbocycles. The molecule has 0 bridgehead atoms. The van der Waals surface area contributed by atoms with E-state index >= 15 is 0 Å². The van der Waals surface area contributed by atoms with E-state index in [0.717, 1.165) is 16.8 Å². The molecule has 4 nitrogen and oxygen atoms in total. The molecule has 2 aromatic rings. The number of aromatic nitrogens is 2. The number of benzene rings is 1. The SMILES string of the molecule is COCc1[nH]nc(N)c1-c1ccc(F)cc1.Cl. The monoisotopic (exact) mass is 257 g/mol. The Balaban J connectivity index is 0.00000144. The largest absolute Gasteiger partial charge is 0.382 e. The maximum absolute atomic E-state index is 12.8. The van der Waals surface area contributed by atoms with Gasteiger partial charge in [0, 0.05) is 12.7 Å². The number of nitrogen functional groups attached to an aromatic ring is 1. The lowest BCUT2D eigenvalue weighted by molar-refractivity contribution is 0.182. The number of nitrogens with two attached hydrogens (primary N) is 1. The van der Waals surface area contributed by atoms with Gasteiger partial charge in [-0.15, -0.1) is 12.4 Å². The van der Waals surface area contributed by atoms with Gasteiger partial charge in [0.2, 0.25) is 0 Å². The van der Waals surface area contributed by atoms with Crippen LogP contribution in [0.25, 0.3) is 11.1 Å². The van der Waals surface area contributed by atoms with Crippen molar-refractivity contribution in [3.63, 3.8) is 0 Å². The van der Waals surface area contributed by atoms with Crippen molar-refractivity contribution in [3.05, 3.63) is 35.8 Å². The highest BCUT2D eigenvalue weighted by Crippen LogP contribution is 2.28. The Hall–Kier alpha value is -1.59. The van der Waals surface area contributed by atoms with Crippen LogP contribution in [0, 0.1) is 5.82 Å². The number of aromatic amines is 1. The Morgan fingerprint density at radius 3 is 2.59 bits per heavy atom. The van der Waals surface area contributed by atoms with Crippen LogP contribution in [0.1, 0.15) is 5.69 Å². The van der Waals surface area contributed by atoms with Gasteiger partial charge in [-0.25, -0.2) is 4.39 Å². The Morgan fingerprint density at radius 2 is 2.00 bits per heavy atom. The molecule has 0 amide bonds. The Labute approximate surface area is 104 Å². The average molecular weight is 258 g/mol. The molecule has 1 aromatic heterocycles. The molecular formula is C11H13ClFN3O. The van der Waals surface area contributed by atoms with Crippen molar-refractivity contribution in [1.29, 1.82) is 0 Å². The Kier molecular flexibility index (Phi) is 4.48. The van der Waals surface area contributed by atoms with Crippen molar-refractivity contribution >= 4 is 18.2 Å². The predicted octanol–water partition coefficient (Wildman–Crippen LogP) is 2.37. The molecule has 0 atom stereocenters. The summed E-state index contributed by atoms with van der Waals surface area (Å²) in [4.78, 5) is 0. The van der Waals surface area contributed by atoms with E-state index < -0.39 is 0 Å². The fraction of sp³-hybridized carbons (Fsp3) is 0.182. The van der Waals surface area contributed by atoms with Gasteiger partial charge in [-0.05, 0) is 17.7 Å². The first-order valence-electron chi connectivity index (χ1n) is 4.80. The Bertz CT molecular complexity index is 484. The summed E-state index contributed by atoms with van der Waals surface area (Å²) in [6, 6.07) is 6.10. The van der Waals surface area contributed by atoms with Crippen LogP contribution in [0.15, 0.2) is 24.3 Å². The van der Waals surface area contributed by atoms with Crippen molar-refractivity contribution in [2.75, 3.05) is 12.8 Å². The molecule has 1 heterocycles. The molecule has 0 saturated heterocycles. The summed E-state index contributed by atoms with van der Waals surface area (Å²) in [5.41, 5.74) is 8.12. The number of methoxy groups -OCH3 is 1. The van der Waals surface area contributed by atoms with Gasteiger partial charge in [-0.2, -0.15) is 5.10 Å². The van der Waals surface area contributed by atoms with Gasteiger partial charge in [-0.1, -0.05) is 12.1 Å². The van der Waals surface area contributed by atoms with Crippen LogP contribution in [0.4, 0.5) is 10.2 Å². The standard InChI is InChI=1S/C11H12FN3O.ClH/c1-16-6-9-10(11(13)15-14-9)7-2-4-8(12)5-3-7;/h2-5H,6H2,1H3,(H3,13,14,15);1H. The minimum Gasteiger partial charge on any atom is -0.382 e. The molecule has 0 spiro atoms. The smallest absolute Gasteiger partial charge is 0.153 e. The topological polar surface area (TPSA) is 63.9 Å². The van der Waals surface area contributed by atoms with Crippen molar-refractivity contribution in [2.24, 2.45) is 0 Å². The quantitative estimate of drug-likeness (QED) is 0.887. The third-order valence-corrected chi connectivity index (χ3v) is 2.29.